The van der Waals surface area contributed by atoms with Crippen LogP contribution in [0.15, 0.2) is 46.2 Å². The summed E-state index contributed by atoms with van der Waals surface area (Å²) < 4.78 is 1.12. The van der Waals surface area contributed by atoms with E-state index in [0.717, 1.165) is 14.0 Å². The van der Waals surface area contributed by atoms with Crippen molar-refractivity contribution in [3.63, 3.8) is 0 Å². The minimum atomic E-state index is -0.411. The fourth-order valence-corrected chi connectivity index (χ4v) is 3.55. The molecule has 0 bridgehead atoms. The Kier molecular flexibility index (Phi) is 6.18. The Labute approximate surface area is 146 Å². The molecule has 0 saturated carbocycles. The largest absolute Gasteiger partial charge is 0.392 e. The summed E-state index contributed by atoms with van der Waals surface area (Å²) in [6, 6.07) is 10.8. The summed E-state index contributed by atoms with van der Waals surface area (Å²) in [5.74, 6) is 0. The van der Waals surface area contributed by atoms with E-state index in [1.165, 1.54) is 17.8 Å². The van der Waals surface area contributed by atoms with Crippen LogP contribution >= 0.6 is 34.4 Å². The number of nitro benzene ring substituents is 1. The van der Waals surface area contributed by atoms with Crippen LogP contribution in [-0.4, -0.2) is 17.1 Å². The second kappa shape index (κ2) is 7.91. The van der Waals surface area contributed by atoms with E-state index in [1.54, 1.807) is 12.1 Å². The minimum Gasteiger partial charge on any atom is -0.392 e. The first-order valence-electron chi connectivity index (χ1n) is 6.54. The van der Waals surface area contributed by atoms with Gasteiger partial charge in [-0.15, -0.1) is 0 Å². The molecule has 0 aliphatic heterocycles. The zero-order chi connectivity index (χ0) is 16.1. The molecule has 0 aromatic heterocycles. The number of nitrogens with one attached hydrogen (secondary N) is 1. The zero-order valence-corrected chi connectivity index (χ0v) is 14.8. The number of nitro groups is 1. The molecule has 2 rings (SSSR count). The number of halogens is 1. The van der Waals surface area contributed by atoms with Gasteiger partial charge >= 0.3 is 0 Å². The Morgan fingerprint density at radius 1 is 1.27 bits per heavy atom. The van der Waals surface area contributed by atoms with Crippen LogP contribution < -0.4 is 5.32 Å². The second-order valence-corrected chi connectivity index (χ2v) is 6.93. The summed E-state index contributed by atoms with van der Waals surface area (Å²) in [5.41, 5.74) is 1.65. The zero-order valence-electron chi connectivity index (χ0n) is 11.9. The molecule has 2 N–H and O–H groups in total. The van der Waals surface area contributed by atoms with Crippen molar-refractivity contribution in [2.75, 3.05) is 7.05 Å². The number of rotatable bonds is 6. The van der Waals surface area contributed by atoms with Gasteiger partial charge in [0.05, 0.1) is 16.4 Å². The molecular weight excluding hydrogens is 415 g/mol. The SMILES string of the molecule is CNCc1cc(I)ccc1Sc1ccc(CO)cc1[N+](=O)[O-]. The van der Waals surface area contributed by atoms with Gasteiger partial charge in [-0.25, -0.2) is 0 Å². The van der Waals surface area contributed by atoms with Crippen molar-refractivity contribution in [3.8, 4) is 0 Å². The highest BCUT2D eigenvalue weighted by Crippen LogP contribution is 2.37. The topological polar surface area (TPSA) is 75.4 Å². The average molecular weight is 430 g/mol. The number of benzene rings is 2. The number of aliphatic hydroxyl groups is 1. The molecule has 7 heteroatoms. The van der Waals surface area contributed by atoms with Gasteiger partial charge in [0.2, 0.25) is 0 Å². The van der Waals surface area contributed by atoms with Crippen LogP contribution in [0.25, 0.3) is 0 Å². The molecule has 0 amide bonds. The van der Waals surface area contributed by atoms with Gasteiger partial charge in [0, 0.05) is 21.1 Å². The van der Waals surface area contributed by atoms with Crippen LogP contribution in [0.2, 0.25) is 0 Å². The predicted molar refractivity (Wildman–Crippen MR) is 95.1 cm³/mol. The summed E-state index contributed by atoms with van der Waals surface area (Å²) in [4.78, 5) is 12.4. The quantitative estimate of drug-likeness (QED) is 0.417. The van der Waals surface area contributed by atoms with Gasteiger partial charge in [-0.05, 0) is 65.0 Å². The maximum Gasteiger partial charge on any atom is 0.283 e. The standard InChI is InChI=1S/C15H15IN2O3S/c1-17-8-11-7-12(16)3-5-14(11)22-15-4-2-10(9-19)6-13(15)18(20)21/h2-7,17,19H,8-9H2,1H3. The van der Waals surface area contributed by atoms with E-state index in [4.69, 9.17) is 5.11 Å². The van der Waals surface area contributed by atoms with Crippen molar-refractivity contribution in [1.82, 2.24) is 5.32 Å². The Morgan fingerprint density at radius 3 is 2.64 bits per heavy atom. The summed E-state index contributed by atoms with van der Waals surface area (Å²) in [6.07, 6.45) is 0. The number of hydrogen-bond acceptors (Lipinski definition) is 5. The van der Waals surface area contributed by atoms with Gasteiger partial charge in [0.15, 0.2) is 0 Å². The Balaban J connectivity index is 2.40. The fraction of sp³-hybridized carbons (Fsp3) is 0.200. The maximum absolute atomic E-state index is 11.2. The highest BCUT2D eigenvalue weighted by molar-refractivity contribution is 14.1. The Hall–Kier alpha value is -1.16. The van der Waals surface area contributed by atoms with Crippen molar-refractivity contribution >= 4 is 40.0 Å². The lowest BCUT2D eigenvalue weighted by Crippen LogP contribution is -2.06. The van der Waals surface area contributed by atoms with E-state index in [9.17, 15) is 10.1 Å². The molecule has 2 aromatic rings. The van der Waals surface area contributed by atoms with Crippen LogP contribution in [0, 0.1) is 13.7 Å². The van der Waals surface area contributed by atoms with Crippen molar-refractivity contribution in [2.24, 2.45) is 0 Å². The molecule has 0 heterocycles. The lowest BCUT2D eigenvalue weighted by atomic mass is 10.2. The van der Waals surface area contributed by atoms with Crippen LogP contribution in [0.4, 0.5) is 5.69 Å². The predicted octanol–water partition coefficient (Wildman–Crippen LogP) is 3.56. The highest BCUT2D eigenvalue weighted by Gasteiger charge is 2.17. The Bertz CT molecular complexity index is 694. The van der Waals surface area contributed by atoms with Crippen molar-refractivity contribution in [3.05, 3.63) is 61.2 Å². The molecule has 5 nitrogen and oxygen atoms in total. The van der Waals surface area contributed by atoms with Crippen LogP contribution in [-0.2, 0) is 13.2 Å². The summed E-state index contributed by atoms with van der Waals surface area (Å²) in [5, 5.41) is 23.5. The number of nitrogens with zero attached hydrogens (tertiary/aromatic N) is 1. The monoisotopic (exact) mass is 430 g/mol. The van der Waals surface area contributed by atoms with Crippen molar-refractivity contribution < 1.29 is 10.0 Å². The molecule has 2 aromatic carbocycles. The molecule has 0 unspecified atom stereocenters. The molecular formula is C15H15IN2O3S. The second-order valence-electron chi connectivity index (χ2n) is 4.60. The third kappa shape index (κ3) is 4.19. The smallest absolute Gasteiger partial charge is 0.283 e. The normalized spacial score (nSPS) is 10.7. The molecule has 0 atom stereocenters. The summed E-state index contributed by atoms with van der Waals surface area (Å²) >= 11 is 3.62. The van der Waals surface area contributed by atoms with E-state index in [1.807, 2.05) is 19.2 Å². The molecule has 0 aliphatic rings. The fourth-order valence-electron chi connectivity index (χ4n) is 1.98. The van der Waals surface area contributed by atoms with E-state index < -0.39 is 4.92 Å². The van der Waals surface area contributed by atoms with Crippen LogP contribution in [0.3, 0.4) is 0 Å². The maximum atomic E-state index is 11.2. The van der Waals surface area contributed by atoms with Gasteiger partial charge in [0.1, 0.15) is 0 Å². The molecule has 0 saturated heterocycles. The molecule has 116 valence electrons. The van der Waals surface area contributed by atoms with Crippen molar-refractivity contribution in [2.45, 2.75) is 22.9 Å². The van der Waals surface area contributed by atoms with Crippen LogP contribution in [0.1, 0.15) is 11.1 Å². The van der Waals surface area contributed by atoms with Crippen LogP contribution in [0.5, 0.6) is 0 Å². The number of hydrogen-bond donors (Lipinski definition) is 2. The van der Waals surface area contributed by atoms with Gasteiger partial charge < -0.3 is 10.4 Å². The highest BCUT2D eigenvalue weighted by atomic mass is 127. The van der Waals surface area contributed by atoms with E-state index in [2.05, 4.69) is 34.0 Å². The van der Waals surface area contributed by atoms with Gasteiger partial charge in [-0.3, -0.25) is 10.1 Å². The van der Waals surface area contributed by atoms with Crippen molar-refractivity contribution in [1.29, 1.82) is 0 Å². The average Bonchev–Trinajstić information content (AvgIpc) is 2.50. The summed E-state index contributed by atoms with van der Waals surface area (Å²) in [7, 11) is 1.87. The lowest BCUT2D eigenvalue weighted by Gasteiger charge is -2.10. The van der Waals surface area contributed by atoms with Gasteiger partial charge in [0.25, 0.3) is 5.69 Å². The molecule has 0 spiro atoms. The molecule has 0 radical (unpaired) electrons. The summed E-state index contributed by atoms with van der Waals surface area (Å²) in [6.45, 7) is 0.488. The van der Waals surface area contributed by atoms with E-state index in [0.29, 0.717) is 17.0 Å². The third-order valence-electron chi connectivity index (χ3n) is 3.01. The molecule has 0 fully saturated rings. The first-order chi connectivity index (χ1) is 10.5. The lowest BCUT2D eigenvalue weighted by molar-refractivity contribution is -0.387. The molecule has 0 aliphatic carbocycles. The van der Waals surface area contributed by atoms with Gasteiger partial charge in [-0.1, -0.05) is 17.8 Å². The Morgan fingerprint density at radius 2 is 2.00 bits per heavy atom. The first kappa shape index (κ1) is 17.2. The van der Waals surface area contributed by atoms with Gasteiger partial charge in [-0.2, -0.15) is 0 Å². The molecule has 22 heavy (non-hydrogen) atoms. The first-order valence-corrected chi connectivity index (χ1v) is 8.43. The third-order valence-corrected chi connectivity index (χ3v) is 4.87. The number of aliphatic hydroxyl groups excluding tert-OH is 1. The van der Waals surface area contributed by atoms with E-state index in [-0.39, 0.29) is 12.3 Å². The van der Waals surface area contributed by atoms with E-state index >= 15 is 0 Å². The minimum absolute atomic E-state index is 0.0190.